The van der Waals surface area contributed by atoms with Crippen LogP contribution in [0.25, 0.3) is 5.69 Å². The molecule has 2 aromatic heterocycles. The predicted molar refractivity (Wildman–Crippen MR) is 166 cm³/mol. The second kappa shape index (κ2) is 11.0. The van der Waals surface area contributed by atoms with Gasteiger partial charge in [0.1, 0.15) is 11.5 Å². The molecular weight excluding hydrogens is 512 g/mol. The number of hydrogen-bond donors (Lipinski definition) is 1. The number of pyridine rings is 1. The highest BCUT2D eigenvalue weighted by atomic mass is 32.1. The number of thiocarbonyl (C=S) groups is 1. The number of rotatable bonds is 7. The molecule has 0 saturated carbocycles. The summed E-state index contributed by atoms with van der Waals surface area (Å²) in [5, 5.41) is 4.26. The molecule has 200 valence electrons. The third kappa shape index (κ3) is 4.87. The van der Waals surface area contributed by atoms with E-state index < -0.39 is 0 Å². The van der Waals surface area contributed by atoms with Gasteiger partial charge in [0.25, 0.3) is 0 Å². The smallest absolute Gasteiger partial charge is 0.174 e. The van der Waals surface area contributed by atoms with Gasteiger partial charge in [-0.25, -0.2) is 0 Å². The Kier molecular flexibility index (Phi) is 7.10. The molecule has 5 nitrogen and oxygen atoms in total. The number of nitrogens with one attached hydrogen (secondary N) is 1. The Labute approximate surface area is 241 Å². The summed E-state index contributed by atoms with van der Waals surface area (Å²) >= 11 is 5.97. The van der Waals surface area contributed by atoms with Crippen LogP contribution in [0.3, 0.4) is 0 Å². The molecule has 0 radical (unpaired) electrons. The van der Waals surface area contributed by atoms with Crippen LogP contribution in [-0.4, -0.2) is 14.7 Å². The van der Waals surface area contributed by atoms with E-state index in [4.69, 9.17) is 21.9 Å². The van der Waals surface area contributed by atoms with Crippen molar-refractivity contribution in [1.29, 1.82) is 0 Å². The average molecular weight is 545 g/mol. The van der Waals surface area contributed by atoms with Crippen molar-refractivity contribution in [2.24, 2.45) is 0 Å². The van der Waals surface area contributed by atoms with Gasteiger partial charge in [0, 0.05) is 29.0 Å². The topological polar surface area (TPSA) is 42.3 Å². The van der Waals surface area contributed by atoms with E-state index >= 15 is 0 Å². The van der Waals surface area contributed by atoms with Gasteiger partial charge < -0.3 is 19.5 Å². The minimum Gasteiger partial charge on any atom is -0.457 e. The standard InChI is InChI=1S/C34H32N4OS/c1-4-25-13-15-26(16-14-25)37-23(2)22-30(24(37)3)33-32(31-12-8-9-21-35-31)36-34(40)38(33)27-17-19-29(20-18-27)39-28-10-6-5-7-11-28/h5-22,32-33H,4H2,1-3H3,(H,36,40)/t32-,33-/m1/s1. The molecule has 6 heteroatoms. The van der Waals surface area contributed by atoms with Crippen molar-refractivity contribution in [3.05, 3.63) is 138 Å². The Balaban J connectivity index is 1.41. The Morgan fingerprint density at radius 1 is 0.825 bits per heavy atom. The molecule has 0 bridgehead atoms. The molecule has 0 amide bonds. The minimum atomic E-state index is -0.106. The number of aromatic nitrogens is 2. The second-order valence-corrected chi connectivity index (χ2v) is 10.5. The number of nitrogens with zero attached hydrogens (tertiary/aromatic N) is 3. The van der Waals surface area contributed by atoms with Gasteiger partial charge in [0.2, 0.25) is 0 Å². The van der Waals surface area contributed by atoms with Crippen molar-refractivity contribution < 1.29 is 4.74 Å². The van der Waals surface area contributed by atoms with E-state index in [-0.39, 0.29) is 12.1 Å². The van der Waals surface area contributed by atoms with Crippen molar-refractivity contribution in [3.8, 4) is 17.2 Å². The van der Waals surface area contributed by atoms with E-state index in [9.17, 15) is 0 Å². The number of para-hydroxylation sites is 1. The number of hydrogen-bond acceptors (Lipinski definition) is 3. The summed E-state index contributed by atoms with van der Waals surface area (Å²) in [7, 11) is 0. The van der Waals surface area contributed by atoms with Gasteiger partial charge in [-0.2, -0.15) is 0 Å². The first-order valence-electron chi connectivity index (χ1n) is 13.6. The second-order valence-electron chi connectivity index (χ2n) is 10.1. The maximum Gasteiger partial charge on any atom is 0.174 e. The lowest BCUT2D eigenvalue weighted by atomic mass is 9.96. The first-order valence-corrected chi connectivity index (χ1v) is 14.1. The predicted octanol–water partition coefficient (Wildman–Crippen LogP) is 8.02. The number of ether oxygens (including phenoxy) is 1. The molecule has 0 unspecified atom stereocenters. The third-order valence-electron chi connectivity index (χ3n) is 7.58. The van der Waals surface area contributed by atoms with Crippen LogP contribution in [0.4, 0.5) is 5.69 Å². The fraction of sp³-hybridized carbons (Fsp3) is 0.176. The Morgan fingerprint density at radius 3 is 2.17 bits per heavy atom. The van der Waals surface area contributed by atoms with Crippen LogP contribution in [0.15, 0.2) is 109 Å². The van der Waals surface area contributed by atoms with Crippen LogP contribution in [0.5, 0.6) is 11.5 Å². The molecule has 0 spiro atoms. The molecule has 1 fully saturated rings. The maximum absolute atomic E-state index is 6.05. The van der Waals surface area contributed by atoms with Gasteiger partial charge in [0.15, 0.2) is 5.11 Å². The molecule has 3 heterocycles. The zero-order chi connectivity index (χ0) is 27.6. The van der Waals surface area contributed by atoms with Crippen molar-refractivity contribution in [2.75, 3.05) is 4.90 Å². The van der Waals surface area contributed by atoms with Crippen molar-refractivity contribution >= 4 is 23.0 Å². The molecule has 1 aliphatic heterocycles. The molecule has 6 rings (SSSR count). The lowest BCUT2D eigenvalue weighted by Crippen LogP contribution is -2.29. The molecule has 1 saturated heterocycles. The highest BCUT2D eigenvalue weighted by Gasteiger charge is 2.42. The van der Waals surface area contributed by atoms with Gasteiger partial charge in [-0.05, 0) is 110 Å². The fourth-order valence-electron chi connectivity index (χ4n) is 5.61. The summed E-state index contributed by atoms with van der Waals surface area (Å²) in [6.45, 7) is 6.55. The number of aryl methyl sites for hydroxylation is 2. The molecule has 5 aromatic rings. The summed E-state index contributed by atoms with van der Waals surface area (Å²) in [6, 6.07) is 34.9. The number of anilines is 1. The van der Waals surface area contributed by atoms with E-state index in [1.807, 2.05) is 60.8 Å². The van der Waals surface area contributed by atoms with E-state index in [2.05, 4.69) is 84.1 Å². The monoisotopic (exact) mass is 544 g/mol. The normalized spacial score (nSPS) is 16.7. The van der Waals surface area contributed by atoms with Crippen LogP contribution in [0, 0.1) is 13.8 Å². The van der Waals surface area contributed by atoms with Gasteiger partial charge in [-0.15, -0.1) is 0 Å². The SMILES string of the molecule is CCc1ccc(-n2c(C)cc([C@@H]3[C@@H](c4ccccn4)NC(=S)N3c3ccc(Oc4ccccc4)cc3)c2C)cc1. The van der Waals surface area contributed by atoms with E-state index in [0.29, 0.717) is 5.11 Å². The summed E-state index contributed by atoms with van der Waals surface area (Å²) in [5.74, 6) is 1.58. The van der Waals surface area contributed by atoms with Gasteiger partial charge in [-0.3, -0.25) is 4.98 Å². The van der Waals surface area contributed by atoms with Crippen LogP contribution in [0.2, 0.25) is 0 Å². The first-order chi connectivity index (χ1) is 19.5. The lowest BCUT2D eigenvalue weighted by Gasteiger charge is -2.28. The summed E-state index contributed by atoms with van der Waals surface area (Å²) in [4.78, 5) is 6.94. The molecule has 1 aliphatic rings. The largest absolute Gasteiger partial charge is 0.457 e. The van der Waals surface area contributed by atoms with E-state index in [1.165, 1.54) is 22.5 Å². The Bertz CT molecular complexity index is 1610. The number of benzene rings is 3. The zero-order valence-corrected chi connectivity index (χ0v) is 23.7. The summed E-state index contributed by atoms with van der Waals surface area (Å²) in [5.41, 5.74) is 8.03. The maximum atomic E-state index is 6.05. The minimum absolute atomic E-state index is 0.0850. The average Bonchev–Trinajstić information content (AvgIpc) is 3.49. The van der Waals surface area contributed by atoms with Crippen LogP contribution in [-0.2, 0) is 6.42 Å². The van der Waals surface area contributed by atoms with Crippen LogP contribution < -0.4 is 15.0 Å². The van der Waals surface area contributed by atoms with Crippen molar-refractivity contribution in [2.45, 2.75) is 39.3 Å². The van der Waals surface area contributed by atoms with Crippen molar-refractivity contribution in [3.63, 3.8) is 0 Å². The first kappa shape index (κ1) is 25.8. The summed E-state index contributed by atoms with van der Waals surface area (Å²) in [6.07, 6.45) is 2.87. The molecule has 0 aliphatic carbocycles. The van der Waals surface area contributed by atoms with Crippen LogP contribution >= 0.6 is 12.2 Å². The molecule has 40 heavy (non-hydrogen) atoms. The van der Waals surface area contributed by atoms with Gasteiger partial charge in [0.05, 0.1) is 17.8 Å². The Morgan fingerprint density at radius 2 is 1.50 bits per heavy atom. The van der Waals surface area contributed by atoms with E-state index in [1.54, 1.807) is 0 Å². The fourth-order valence-corrected chi connectivity index (χ4v) is 5.96. The zero-order valence-electron chi connectivity index (χ0n) is 22.9. The van der Waals surface area contributed by atoms with Crippen LogP contribution in [0.1, 0.15) is 47.2 Å². The molecule has 2 atom stereocenters. The molecule has 1 N–H and O–H groups in total. The molecular formula is C34H32N4OS. The van der Waals surface area contributed by atoms with Crippen molar-refractivity contribution in [1.82, 2.24) is 14.9 Å². The lowest BCUT2D eigenvalue weighted by molar-refractivity contribution is 0.482. The van der Waals surface area contributed by atoms with E-state index in [0.717, 1.165) is 35.0 Å². The molecule has 3 aromatic carbocycles. The van der Waals surface area contributed by atoms with Gasteiger partial charge >= 0.3 is 0 Å². The Hall–Kier alpha value is -4.42. The summed E-state index contributed by atoms with van der Waals surface area (Å²) < 4.78 is 8.38. The highest BCUT2D eigenvalue weighted by Crippen LogP contribution is 2.44. The third-order valence-corrected chi connectivity index (χ3v) is 7.90. The van der Waals surface area contributed by atoms with Gasteiger partial charge in [-0.1, -0.05) is 43.3 Å². The highest BCUT2D eigenvalue weighted by molar-refractivity contribution is 7.80. The quantitative estimate of drug-likeness (QED) is 0.210.